The fraction of sp³-hybridized carbons (Fsp3) is 0.444. The number of benzene rings is 1. The number of hydrogen-bond acceptors (Lipinski definition) is 4. The summed E-state index contributed by atoms with van der Waals surface area (Å²) < 4.78 is 13.3. The number of nitrogens with zero attached hydrogens (tertiary/aromatic N) is 3. The molecule has 5 heteroatoms. The number of halogens is 1. The predicted octanol–water partition coefficient (Wildman–Crippen LogP) is 2.58. The first-order valence-corrected chi connectivity index (χ1v) is 8.19. The molecule has 1 saturated carbocycles. The van der Waals surface area contributed by atoms with Crippen molar-refractivity contribution in [2.45, 2.75) is 37.8 Å². The van der Waals surface area contributed by atoms with E-state index in [9.17, 15) is 9.50 Å². The van der Waals surface area contributed by atoms with Gasteiger partial charge in [0.15, 0.2) is 0 Å². The van der Waals surface area contributed by atoms with Gasteiger partial charge in [-0.2, -0.15) is 0 Å². The highest BCUT2D eigenvalue weighted by atomic mass is 19.1. The number of rotatable bonds is 4. The minimum absolute atomic E-state index is 0.313. The van der Waals surface area contributed by atoms with Crippen molar-refractivity contribution >= 4 is 0 Å². The van der Waals surface area contributed by atoms with Gasteiger partial charge in [0.2, 0.25) is 0 Å². The summed E-state index contributed by atoms with van der Waals surface area (Å²) in [6, 6.07) is 6.18. The molecule has 2 aliphatic rings. The van der Waals surface area contributed by atoms with Crippen LogP contribution in [0.25, 0.3) is 0 Å². The summed E-state index contributed by atoms with van der Waals surface area (Å²) in [6.07, 6.45) is 4.57. The molecule has 1 unspecified atom stereocenters. The van der Waals surface area contributed by atoms with Crippen molar-refractivity contribution in [3.63, 3.8) is 0 Å². The van der Waals surface area contributed by atoms with Gasteiger partial charge in [-0.05, 0) is 30.5 Å². The van der Waals surface area contributed by atoms with Crippen molar-refractivity contribution in [1.82, 2.24) is 14.9 Å². The molecule has 23 heavy (non-hydrogen) atoms. The smallest absolute Gasteiger partial charge is 0.131 e. The maximum atomic E-state index is 13.3. The van der Waals surface area contributed by atoms with Crippen LogP contribution in [-0.4, -0.2) is 33.1 Å². The van der Waals surface area contributed by atoms with Gasteiger partial charge in [-0.15, -0.1) is 0 Å². The Balaban J connectivity index is 1.43. The number of aliphatic hydroxyl groups is 1. The van der Waals surface area contributed by atoms with Gasteiger partial charge in [-0.3, -0.25) is 4.90 Å². The minimum Gasteiger partial charge on any atom is -0.387 e. The lowest BCUT2D eigenvalue weighted by Gasteiger charge is -2.29. The molecule has 1 fully saturated rings. The Morgan fingerprint density at radius 3 is 3.00 bits per heavy atom. The molecule has 1 aromatic heterocycles. The average molecular weight is 313 g/mol. The molecule has 1 atom stereocenters. The molecule has 0 radical (unpaired) electrons. The SMILES string of the molecule is OC(CN1CCc2nc(C3CC3)ncc2C1)c1cccc(F)c1. The van der Waals surface area contributed by atoms with Gasteiger partial charge >= 0.3 is 0 Å². The normalized spacial score (nSPS) is 19.4. The van der Waals surface area contributed by atoms with E-state index < -0.39 is 6.10 Å². The molecule has 2 heterocycles. The van der Waals surface area contributed by atoms with Crippen molar-refractivity contribution in [3.05, 3.63) is 58.9 Å². The standard InChI is InChI=1S/C18H20FN3O/c19-15-3-1-2-13(8-15)17(23)11-22-7-6-16-14(10-22)9-20-18(21-16)12-4-5-12/h1-3,8-9,12,17,23H,4-7,10-11H2. The second kappa shape index (κ2) is 5.98. The van der Waals surface area contributed by atoms with E-state index in [2.05, 4.69) is 9.88 Å². The molecule has 0 amide bonds. The molecule has 4 nitrogen and oxygen atoms in total. The fourth-order valence-electron chi connectivity index (χ4n) is 3.15. The second-order valence-electron chi connectivity index (χ2n) is 6.53. The van der Waals surface area contributed by atoms with E-state index >= 15 is 0 Å². The van der Waals surface area contributed by atoms with Crippen LogP contribution in [0.1, 0.15) is 47.5 Å². The zero-order chi connectivity index (χ0) is 15.8. The van der Waals surface area contributed by atoms with Crippen LogP contribution >= 0.6 is 0 Å². The molecule has 4 rings (SSSR count). The maximum Gasteiger partial charge on any atom is 0.131 e. The summed E-state index contributed by atoms with van der Waals surface area (Å²) in [7, 11) is 0. The van der Waals surface area contributed by atoms with Crippen LogP contribution < -0.4 is 0 Å². The van der Waals surface area contributed by atoms with E-state index in [-0.39, 0.29) is 5.82 Å². The van der Waals surface area contributed by atoms with Crippen LogP contribution in [0.2, 0.25) is 0 Å². The Morgan fingerprint density at radius 1 is 1.35 bits per heavy atom. The molecule has 0 spiro atoms. The molecule has 0 bridgehead atoms. The first-order chi connectivity index (χ1) is 11.2. The molecule has 1 N–H and O–H groups in total. The third-order valence-corrected chi connectivity index (χ3v) is 4.64. The average Bonchev–Trinajstić information content (AvgIpc) is 3.39. The Bertz CT molecular complexity index is 717. The van der Waals surface area contributed by atoms with E-state index in [0.717, 1.165) is 36.6 Å². The number of fused-ring (bicyclic) bond motifs is 1. The van der Waals surface area contributed by atoms with E-state index in [1.54, 1.807) is 12.1 Å². The van der Waals surface area contributed by atoms with Crippen LogP contribution in [0.5, 0.6) is 0 Å². The molecule has 0 saturated heterocycles. The summed E-state index contributed by atoms with van der Waals surface area (Å²) in [5, 5.41) is 10.3. The maximum absolute atomic E-state index is 13.3. The highest BCUT2D eigenvalue weighted by Crippen LogP contribution is 2.38. The van der Waals surface area contributed by atoms with Gasteiger partial charge in [-0.1, -0.05) is 12.1 Å². The zero-order valence-electron chi connectivity index (χ0n) is 13.0. The van der Waals surface area contributed by atoms with Gasteiger partial charge in [0.05, 0.1) is 6.10 Å². The number of β-amino-alcohol motifs (C(OH)–C–C–N with tert-alkyl or cyclic N) is 1. The van der Waals surface area contributed by atoms with Crippen LogP contribution in [0.3, 0.4) is 0 Å². The summed E-state index contributed by atoms with van der Waals surface area (Å²) in [5.74, 6) is 1.26. The Morgan fingerprint density at radius 2 is 2.22 bits per heavy atom. The minimum atomic E-state index is -0.682. The van der Waals surface area contributed by atoms with Crippen molar-refractivity contribution in [2.24, 2.45) is 0 Å². The summed E-state index contributed by atoms with van der Waals surface area (Å²) >= 11 is 0. The first kappa shape index (κ1) is 14.7. The van der Waals surface area contributed by atoms with E-state index in [1.165, 1.54) is 25.0 Å². The zero-order valence-corrected chi connectivity index (χ0v) is 13.0. The molecule has 1 aliphatic heterocycles. The molecule has 1 aromatic carbocycles. The lowest BCUT2D eigenvalue weighted by Crippen LogP contribution is -2.34. The first-order valence-electron chi connectivity index (χ1n) is 8.19. The van der Waals surface area contributed by atoms with Crippen LogP contribution in [-0.2, 0) is 13.0 Å². The Kier molecular flexibility index (Phi) is 3.83. The lowest BCUT2D eigenvalue weighted by atomic mass is 10.0. The quantitative estimate of drug-likeness (QED) is 0.942. The largest absolute Gasteiger partial charge is 0.387 e. The van der Waals surface area contributed by atoms with Crippen molar-refractivity contribution in [3.8, 4) is 0 Å². The molecular weight excluding hydrogens is 293 g/mol. The fourth-order valence-corrected chi connectivity index (χ4v) is 3.15. The third kappa shape index (κ3) is 3.26. The van der Waals surface area contributed by atoms with Crippen LogP contribution in [0, 0.1) is 5.82 Å². The predicted molar refractivity (Wildman–Crippen MR) is 84.3 cm³/mol. The topological polar surface area (TPSA) is 49.2 Å². The van der Waals surface area contributed by atoms with Crippen LogP contribution in [0.4, 0.5) is 4.39 Å². The van der Waals surface area contributed by atoms with Gasteiger partial charge in [0, 0.05) is 49.4 Å². The van der Waals surface area contributed by atoms with E-state index in [0.29, 0.717) is 18.0 Å². The Hall–Kier alpha value is -1.85. The number of hydrogen-bond donors (Lipinski definition) is 1. The van der Waals surface area contributed by atoms with Gasteiger partial charge in [0.25, 0.3) is 0 Å². The highest BCUT2D eigenvalue weighted by Gasteiger charge is 2.28. The van der Waals surface area contributed by atoms with Gasteiger partial charge < -0.3 is 5.11 Å². The number of aliphatic hydroxyl groups excluding tert-OH is 1. The molecule has 1 aliphatic carbocycles. The Labute approximate surface area is 135 Å². The van der Waals surface area contributed by atoms with Gasteiger partial charge in [0.1, 0.15) is 11.6 Å². The van der Waals surface area contributed by atoms with E-state index in [4.69, 9.17) is 4.98 Å². The second-order valence-corrected chi connectivity index (χ2v) is 6.53. The third-order valence-electron chi connectivity index (χ3n) is 4.64. The summed E-state index contributed by atoms with van der Waals surface area (Å²) in [6.45, 7) is 2.10. The van der Waals surface area contributed by atoms with Crippen molar-refractivity contribution in [1.29, 1.82) is 0 Å². The molecule has 2 aromatic rings. The van der Waals surface area contributed by atoms with Crippen molar-refractivity contribution < 1.29 is 9.50 Å². The van der Waals surface area contributed by atoms with E-state index in [1.807, 2.05) is 6.20 Å². The van der Waals surface area contributed by atoms with Gasteiger partial charge in [-0.25, -0.2) is 14.4 Å². The molecule has 120 valence electrons. The monoisotopic (exact) mass is 313 g/mol. The number of aromatic nitrogens is 2. The summed E-state index contributed by atoms with van der Waals surface area (Å²) in [5.41, 5.74) is 2.92. The van der Waals surface area contributed by atoms with Crippen LogP contribution in [0.15, 0.2) is 30.5 Å². The molecular formula is C18H20FN3O. The summed E-state index contributed by atoms with van der Waals surface area (Å²) in [4.78, 5) is 11.4. The lowest BCUT2D eigenvalue weighted by molar-refractivity contribution is 0.105. The van der Waals surface area contributed by atoms with Crippen molar-refractivity contribution in [2.75, 3.05) is 13.1 Å². The highest BCUT2D eigenvalue weighted by molar-refractivity contribution is 5.23.